The number of methoxy groups -OCH3 is 1. The summed E-state index contributed by atoms with van der Waals surface area (Å²) in [5.74, 6) is 5.71. The van der Waals surface area contributed by atoms with Crippen molar-refractivity contribution in [3.63, 3.8) is 0 Å². The van der Waals surface area contributed by atoms with Gasteiger partial charge in [0, 0.05) is 34.5 Å². The number of aliphatic hydroxyl groups is 1. The van der Waals surface area contributed by atoms with E-state index < -0.39 is 11.6 Å². The summed E-state index contributed by atoms with van der Waals surface area (Å²) in [7, 11) is 1.45. The van der Waals surface area contributed by atoms with Crippen molar-refractivity contribution in [2.45, 2.75) is 23.6 Å². The number of anilines is 1. The highest BCUT2D eigenvalue weighted by Crippen LogP contribution is 2.40. The first-order chi connectivity index (χ1) is 16.1. The van der Waals surface area contributed by atoms with Crippen LogP contribution in [0.25, 0.3) is 5.52 Å². The summed E-state index contributed by atoms with van der Waals surface area (Å²) < 4.78 is 46.8. The number of rotatable bonds is 7. The Hall–Kier alpha value is -2.81. The topological polar surface area (TPSA) is 75.0 Å². The molecule has 34 heavy (non-hydrogen) atoms. The molecule has 0 unspecified atom stereocenters. The number of amides is 1. The summed E-state index contributed by atoms with van der Waals surface area (Å²) in [6, 6.07) is 9.78. The van der Waals surface area contributed by atoms with Crippen LogP contribution in [0, 0.1) is 11.8 Å². The Balaban J connectivity index is 1.77. The number of fused-ring (bicyclic) bond motifs is 1. The second-order valence-electron chi connectivity index (χ2n) is 7.15. The fourth-order valence-electron chi connectivity index (χ4n) is 3.04. The minimum atomic E-state index is -4.46. The van der Waals surface area contributed by atoms with Crippen LogP contribution < -0.4 is 15.4 Å². The zero-order valence-electron chi connectivity index (χ0n) is 18.2. The van der Waals surface area contributed by atoms with E-state index in [4.69, 9.17) is 4.74 Å². The maximum Gasteiger partial charge on any atom is 0.447 e. The Bertz CT molecular complexity index is 1250. The van der Waals surface area contributed by atoms with Gasteiger partial charge in [0.05, 0.1) is 36.5 Å². The third kappa shape index (κ3) is 6.62. The fraction of sp³-hybridized carbons (Fsp3) is 0.261. The number of nitrogens with one attached hydrogen (secondary N) is 2. The largest absolute Gasteiger partial charge is 0.495 e. The maximum absolute atomic E-state index is 13.1. The van der Waals surface area contributed by atoms with Crippen LogP contribution in [-0.4, -0.2) is 47.2 Å². The average molecular weight is 556 g/mol. The van der Waals surface area contributed by atoms with E-state index in [0.717, 1.165) is 0 Å². The van der Waals surface area contributed by atoms with Crippen molar-refractivity contribution in [3.05, 3.63) is 58.2 Å². The molecule has 1 atom stereocenters. The lowest BCUT2D eigenvalue weighted by molar-refractivity contribution is -0.0329. The number of benzene rings is 1. The van der Waals surface area contributed by atoms with Crippen LogP contribution in [-0.2, 0) is 0 Å². The van der Waals surface area contributed by atoms with Crippen molar-refractivity contribution in [2.75, 3.05) is 25.5 Å². The minimum absolute atomic E-state index is 0.0126. The molecule has 0 spiro atoms. The van der Waals surface area contributed by atoms with Crippen molar-refractivity contribution in [1.82, 2.24) is 9.72 Å². The van der Waals surface area contributed by atoms with Gasteiger partial charge in [0.2, 0.25) is 0 Å². The molecule has 3 rings (SSSR count). The molecule has 3 aromatic rings. The van der Waals surface area contributed by atoms with Gasteiger partial charge >= 0.3 is 5.51 Å². The number of hydrogen-bond acceptors (Lipinski definition) is 5. The summed E-state index contributed by atoms with van der Waals surface area (Å²) >= 11 is 3.15. The van der Waals surface area contributed by atoms with Gasteiger partial charge in [-0.25, -0.2) is 0 Å². The van der Waals surface area contributed by atoms with Gasteiger partial charge in [-0.3, -0.25) is 4.79 Å². The molecule has 1 amide bonds. The Morgan fingerprint density at radius 1 is 1.32 bits per heavy atom. The number of thioether (sulfide) groups is 1. The first-order valence-corrected chi connectivity index (χ1v) is 11.6. The number of hydrogen-bond donors (Lipinski definition) is 3. The first kappa shape index (κ1) is 25.8. The van der Waals surface area contributed by atoms with E-state index in [2.05, 4.69) is 38.4 Å². The SMILES string of the molecule is COc1cc(C(=O)NC[C@H](C)O)ccc1NCC#Cc1cc2c(Br)cccn2c1SC(F)(F)F. The summed E-state index contributed by atoms with van der Waals surface area (Å²) in [4.78, 5) is 12.2. The second-order valence-corrected chi connectivity index (χ2v) is 9.06. The molecule has 0 radical (unpaired) electrons. The quantitative estimate of drug-likeness (QED) is 0.286. The normalized spacial score (nSPS) is 12.1. The van der Waals surface area contributed by atoms with Crippen LogP contribution in [0.4, 0.5) is 18.9 Å². The Labute approximate surface area is 207 Å². The summed E-state index contributed by atoms with van der Waals surface area (Å²) in [6.07, 6.45) is 0.890. The van der Waals surface area contributed by atoms with Crippen molar-refractivity contribution < 1.29 is 27.8 Å². The van der Waals surface area contributed by atoms with Crippen LogP contribution >= 0.6 is 27.7 Å². The number of pyridine rings is 1. The highest BCUT2D eigenvalue weighted by atomic mass is 79.9. The van der Waals surface area contributed by atoms with E-state index in [0.29, 0.717) is 27.0 Å². The molecule has 2 aromatic heterocycles. The molecule has 0 bridgehead atoms. The maximum atomic E-state index is 13.1. The molecule has 1 aromatic carbocycles. The number of aliphatic hydroxyl groups excluding tert-OH is 1. The average Bonchev–Trinajstić information content (AvgIpc) is 3.12. The van der Waals surface area contributed by atoms with Crippen LogP contribution in [0.2, 0.25) is 0 Å². The number of carbonyl (C=O) groups excluding carboxylic acids is 1. The van der Waals surface area contributed by atoms with Gasteiger partial charge in [-0.05, 0) is 59.3 Å². The summed E-state index contributed by atoms with van der Waals surface area (Å²) in [6.45, 7) is 1.82. The van der Waals surface area contributed by atoms with Gasteiger partial charge in [-0.1, -0.05) is 11.8 Å². The highest BCUT2D eigenvalue weighted by Gasteiger charge is 2.32. The molecule has 6 nitrogen and oxygen atoms in total. The molecule has 0 fully saturated rings. The Kier molecular flexibility index (Phi) is 8.41. The van der Waals surface area contributed by atoms with Crippen LogP contribution in [0.1, 0.15) is 22.8 Å². The smallest absolute Gasteiger partial charge is 0.447 e. The van der Waals surface area contributed by atoms with Crippen LogP contribution in [0.5, 0.6) is 5.75 Å². The molecule has 180 valence electrons. The molecule has 0 aliphatic heterocycles. The highest BCUT2D eigenvalue weighted by molar-refractivity contribution is 9.10. The van der Waals surface area contributed by atoms with Crippen molar-refractivity contribution >= 4 is 44.8 Å². The molecule has 3 N–H and O–H groups in total. The van der Waals surface area contributed by atoms with Gasteiger partial charge < -0.3 is 24.9 Å². The number of halogens is 4. The predicted octanol–water partition coefficient (Wildman–Crippen LogP) is 4.90. The van der Waals surface area contributed by atoms with Crippen LogP contribution in [0.3, 0.4) is 0 Å². The van der Waals surface area contributed by atoms with Gasteiger partial charge in [0.25, 0.3) is 5.91 Å². The summed E-state index contributed by atoms with van der Waals surface area (Å²) in [5.41, 5.74) is -2.69. The zero-order valence-corrected chi connectivity index (χ0v) is 20.6. The molecular formula is C23H21BrF3N3O3S. The lowest BCUT2D eigenvalue weighted by Crippen LogP contribution is -2.30. The molecule has 0 saturated heterocycles. The Morgan fingerprint density at radius 2 is 2.09 bits per heavy atom. The van der Waals surface area contributed by atoms with E-state index in [1.165, 1.54) is 11.5 Å². The zero-order chi connectivity index (χ0) is 24.9. The lowest BCUT2D eigenvalue weighted by Gasteiger charge is -2.12. The third-order valence-electron chi connectivity index (χ3n) is 4.54. The van der Waals surface area contributed by atoms with E-state index in [1.807, 2.05) is 0 Å². The van der Waals surface area contributed by atoms with Gasteiger partial charge in [0.15, 0.2) is 0 Å². The number of alkyl halides is 3. The van der Waals surface area contributed by atoms with E-state index in [-0.39, 0.29) is 41.3 Å². The minimum Gasteiger partial charge on any atom is -0.495 e. The van der Waals surface area contributed by atoms with Crippen molar-refractivity contribution in [2.24, 2.45) is 0 Å². The van der Waals surface area contributed by atoms with Crippen molar-refractivity contribution in [3.8, 4) is 17.6 Å². The third-order valence-corrected chi connectivity index (χ3v) is 6.05. The van der Waals surface area contributed by atoms with E-state index in [9.17, 15) is 23.1 Å². The number of aromatic nitrogens is 1. The fourth-order valence-corrected chi connectivity index (χ4v) is 4.20. The Morgan fingerprint density at radius 3 is 2.76 bits per heavy atom. The monoisotopic (exact) mass is 555 g/mol. The van der Waals surface area contributed by atoms with Crippen molar-refractivity contribution in [1.29, 1.82) is 0 Å². The molecule has 11 heteroatoms. The molecule has 0 aliphatic carbocycles. The van der Waals surface area contributed by atoms with E-state index >= 15 is 0 Å². The van der Waals surface area contributed by atoms with Gasteiger partial charge in [0.1, 0.15) is 10.8 Å². The number of ether oxygens (including phenoxy) is 1. The molecule has 0 aliphatic rings. The van der Waals surface area contributed by atoms with Gasteiger partial charge in [-0.2, -0.15) is 13.2 Å². The number of nitrogens with zero attached hydrogens (tertiary/aromatic N) is 1. The van der Waals surface area contributed by atoms with E-state index in [1.54, 1.807) is 49.5 Å². The van der Waals surface area contributed by atoms with Crippen LogP contribution in [0.15, 0.2) is 52.1 Å². The molecule has 0 saturated carbocycles. The molecular weight excluding hydrogens is 535 g/mol. The standard InChI is InChI=1S/C23H21BrF3N3O3S/c1-14(31)13-29-21(32)15-7-8-18(20(12-15)33-2)28-9-3-5-16-11-19-17(24)6-4-10-30(19)22(16)34-23(25,26)27/h4,6-8,10-12,14,28,31H,9,13H2,1-2H3,(H,29,32)/t14-/m0/s1. The first-order valence-electron chi connectivity index (χ1n) is 10.0. The molecule has 2 heterocycles. The number of carbonyl (C=O) groups is 1. The lowest BCUT2D eigenvalue weighted by atomic mass is 10.1. The summed E-state index contributed by atoms with van der Waals surface area (Å²) in [5, 5.41) is 14.9. The van der Waals surface area contributed by atoms with Gasteiger partial charge in [-0.15, -0.1) is 0 Å². The second kappa shape index (κ2) is 11.1. The predicted molar refractivity (Wildman–Crippen MR) is 129 cm³/mol.